The number of carbonyl (C=O) groups is 1. The highest BCUT2D eigenvalue weighted by Crippen LogP contribution is 2.22. The van der Waals surface area contributed by atoms with Crippen LogP contribution < -0.4 is 5.32 Å². The minimum atomic E-state index is -3.48. The van der Waals surface area contributed by atoms with Gasteiger partial charge in [-0.2, -0.15) is 4.31 Å². The normalized spacial score (nSPS) is 20.1. The Labute approximate surface area is 157 Å². The molecule has 1 fully saturated rings. The molecule has 1 aliphatic heterocycles. The maximum atomic E-state index is 12.7. The minimum absolute atomic E-state index is 0.281. The van der Waals surface area contributed by atoms with E-state index in [9.17, 15) is 13.2 Å². The summed E-state index contributed by atoms with van der Waals surface area (Å²) < 4.78 is 25.0. The van der Waals surface area contributed by atoms with Crippen molar-refractivity contribution in [2.75, 3.05) is 39.5 Å². The highest BCUT2D eigenvalue weighted by atomic mass is 32.2. The van der Waals surface area contributed by atoms with E-state index in [1.54, 1.807) is 12.1 Å². The molecule has 26 heavy (non-hydrogen) atoms. The molecule has 1 saturated heterocycles. The Morgan fingerprint density at radius 1 is 1.35 bits per heavy atom. The number of nitrogens with one attached hydrogen (secondary N) is 1. The second-order valence-corrected chi connectivity index (χ2v) is 9.33. The highest BCUT2D eigenvalue weighted by molar-refractivity contribution is 7.88. The summed E-state index contributed by atoms with van der Waals surface area (Å²) in [6.45, 7) is 6.03. The van der Waals surface area contributed by atoms with Gasteiger partial charge in [-0.3, -0.25) is 4.79 Å². The Hall–Kier alpha value is -1.44. The quantitative estimate of drug-likeness (QED) is 0.698. The molecule has 2 rings (SSSR count). The van der Waals surface area contributed by atoms with Crippen LogP contribution in [0.1, 0.15) is 37.8 Å². The first-order chi connectivity index (χ1) is 12.3. The number of rotatable bonds is 8. The van der Waals surface area contributed by atoms with Crippen molar-refractivity contribution in [3.05, 3.63) is 35.9 Å². The third-order valence-electron chi connectivity index (χ3n) is 4.94. The van der Waals surface area contributed by atoms with Gasteiger partial charge in [0.15, 0.2) is 0 Å². The Balaban J connectivity index is 1.92. The molecule has 1 aromatic carbocycles. The lowest BCUT2D eigenvalue weighted by Gasteiger charge is -2.31. The number of hydrogen-bond acceptors (Lipinski definition) is 4. The van der Waals surface area contributed by atoms with Crippen molar-refractivity contribution < 1.29 is 13.2 Å². The van der Waals surface area contributed by atoms with Gasteiger partial charge in [-0.15, -0.1) is 0 Å². The average Bonchev–Trinajstić information content (AvgIpc) is 2.59. The highest BCUT2D eigenvalue weighted by Gasteiger charge is 2.30. The van der Waals surface area contributed by atoms with Crippen LogP contribution in [-0.2, 0) is 14.8 Å². The fraction of sp³-hybridized carbons (Fsp3) is 0.632. The van der Waals surface area contributed by atoms with Crippen LogP contribution in [0.5, 0.6) is 0 Å². The van der Waals surface area contributed by atoms with E-state index in [-0.39, 0.29) is 5.91 Å². The molecule has 0 unspecified atom stereocenters. The van der Waals surface area contributed by atoms with Crippen LogP contribution in [0, 0.1) is 5.92 Å². The van der Waals surface area contributed by atoms with Crippen molar-refractivity contribution in [2.45, 2.75) is 32.2 Å². The van der Waals surface area contributed by atoms with E-state index < -0.39 is 16.1 Å². The van der Waals surface area contributed by atoms with Gasteiger partial charge < -0.3 is 10.2 Å². The number of piperidine rings is 1. The topological polar surface area (TPSA) is 69.7 Å². The van der Waals surface area contributed by atoms with Gasteiger partial charge in [0, 0.05) is 20.1 Å². The van der Waals surface area contributed by atoms with E-state index in [1.165, 1.54) is 19.9 Å². The van der Waals surface area contributed by atoms with Crippen LogP contribution in [0.25, 0.3) is 0 Å². The van der Waals surface area contributed by atoms with Gasteiger partial charge in [-0.25, -0.2) is 8.42 Å². The summed E-state index contributed by atoms with van der Waals surface area (Å²) in [5, 5.41) is 2.91. The van der Waals surface area contributed by atoms with Crippen molar-refractivity contribution in [3.63, 3.8) is 0 Å². The smallest absolute Gasteiger partial charge is 0.242 e. The molecule has 0 spiro atoms. The number of likely N-dealkylation sites (N-methyl/N-ethyl adjacent to an activating group) is 1. The summed E-state index contributed by atoms with van der Waals surface area (Å²) in [6, 6.07) is 8.17. The fourth-order valence-corrected chi connectivity index (χ4v) is 4.05. The molecule has 0 saturated carbocycles. The SMILES string of the molecule is C[C@@H]1CCCN(CCCNC(=O)[C@@H](c2ccccc2)N(C)S(C)(=O)=O)C1. The van der Waals surface area contributed by atoms with Crippen molar-refractivity contribution in [1.82, 2.24) is 14.5 Å². The molecule has 1 aromatic rings. The van der Waals surface area contributed by atoms with Crippen LogP contribution in [-0.4, -0.2) is 63.0 Å². The summed E-state index contributed by atoms with van der Waals surface area (Å²) in [6.07, 6.45) is 4.52. The first-order valence-electron chi connectivity index (χ1n) is 9.27. The Morgan fingerprint density at radius 3 is 2.65 bits per heavy atom. The largest absolute Gasteiger partial charge is 0.354 e. The monoisotopic (exact) mass is 381 g/mol. The van der Waals surface area contributed by atoms with Crippen molar-refractivity contribution in [2.24, 2.45) is 5.92 Å². The van der Waals surface area contributed by atoms with Crippen molar-refractivity contribution >= 4 is 15.9 Å². The van der Waals surface area contributed by atoms with Crippen LogP contribution in [0.15, 0.2) is 30.3 Å². The van der Waals surface area contributed by atoms with E-state index in [2.05, 4.69) is 17.1 Å². The molecule has 1 amide bonds. The molecule has 1 N–H and O–H groups in total. The molecule has 0 bridgehead atoms. The van der Waals surface area contributed by atoms with Gasteiger partial charge in [0.05, 0.1) is 6.26 Å². The zero-order chi connectivity index (χ0) is 19.2. The number of nitrogens with zero attached hydrogens (tertiary/aromatic N) is 2. The first-order valence-corrected chi connectivity index (χ1v) is 11.1. The van der Waals surface area contributed by atoms with Gasteiger partial charge in [0.25, 0.3) is 0 Å². The predicted molar refractivity (Wildman–Crippen MR) is 104 cm³/mol. The van der Waals surface area contributed by atoms with Gasteiger partial charge in [0.1, 0.15) is 6.04 Å². The second kappa shape index (κ2) is 9.48. The maximum Gasteiger partial charge on any atom is 0.242 e. The zero-order valence-electron chi connectivity index (χ0n) is 16.0. The third kappa shape index (κ3) is 6.07. The standard InChI is InChI=1S/C19H31N3O3S/c1-16-9-7-13-22(15-16)14-8-12-20-19(23)18(21(2)26(3,24)25)17-10-5-4-6-11-17/h4-6,10-11,16,18H,7-9,12-15H2,1-3H3,(H,20,23)/t16-,18-/m1/s1. The summed E-state index contributed by atoms with van der Waals surface area (Å²) in [5.41, 5.74) is 0.669. The fourth-order valence-electron chi connectivity index (χ4n) is 3.45. The lowest BCUT2D eigenvalue weighted by molar-refractivity contribution is -0.124. The van der Waals surface area contributed by atoms with Crippen LogP contribution in [0.4, 0.5) is 0 Å². The van der Waals surface area contributed by atoms with E-state index in [0.717, 1.165) is 42.5 Å². The molecule has 146 valence electrons. The molecule has 6 nitrogen and oxygen atoms in total. The number of likely N-dealkylation sites (tertiary alicyclic amines) is 1. The molecular weight excluding hydrogens is 350 g/mol. The maximum absolute atomic E-state index is 12.7. The number of sulfonamides is 1. The second-order valence-electron chi connectivity index (χ2n) is 7.29. The molecule has 0 aromatic heterocycles. The van der Waals surface area contributed by atoms with Gasteiger partial charge in [-0.05, 0) is 43.8 Å². The van der Waals surface area contributed by atoms with Gasteiger partial charge in [-0.1, -0.05) is 37.3 Å². The lowest BCUT2D eigenvalue weighted by Crippen LogP contribution is -2.42. The zero-order valence-corrected chi connectivity index (χ0v) is 16.8. The Kier molecular flexibility index (Phi) is 7.61. The average molecular weight is 382 g/mol. The number of benzene rings is 1. The predicted octanol–water partition coefficient (Wildman–Crippen LogP) is 1.86. The first kappa shape index (κ1) is 20.9. The minimum Gasteiger partial charge on any atom is -0.354 e. The molecule has 7 heteroatoms. The lowest BCUT2D eigenvalue weighted by atomic mass is 10.0. The van der Waals surface area contributed by atoms with E-state index in [1.807, 2.05) is 18.2 Å². The van der Waals surface area contributed by atoms with Gasteiger partial charge in [0.2, 0.25) is 15.9 Å². The van der Waals surface area contributed by atoms with Crippen molar-refractivity contribution in [1.29, 1.82) is 0 Å². The van der Waals surface area contributed by atoms with Gasteiger partial charge >= 0.3 is 0 Å². The van der Waals surface area contributed by atoms with Crippen LogP contribution in [0.2, 0.25) is 0 Å². The summed E-state index contributed by atoms with van der Waals surface area (Å²) in [7, 11) is -2.04. The third-order valence-corrected chi connectivity index (χ3v) is 6.20. The molecular formula is C19H31N3O3S. The van der Waals surface area contributed by atoms with E-state index in [0.29, 0.717) is 12.1 Å². The molecule has 1 aliphatic rings. The summed E-state index contributed by atoms with van der Waals surface area (Å²) in [4.78, 5) is 15.1. The van der Waals surface area contributed by atoms with E-state index in [4.69, 9.17) is 0 Å². The molecule has 0 aliphatic carbocycles. The Morgan fingerprint density at radius 2 is 2.04 bits per heavy atom. The number of carbonyl (C=O) groups excluding carboxylic acids is 1. The van der Waals surface area contributed by atoms with Crippen LogP contribution in [0.3, 0.4) is 0 Å². The summed E-state index contributed by atoms with van der Waals surface area (Å²) >= 11 is 0. The van der Waals surface area contributed by atoms with Crippen LogP contribution >= 0.6 is 0 Å². The molecule has 0 radical (unpaired) electrons. The van der Waals surface area contributed by atoms with Crippen molar-refractivity contribution in [3.8, 4) is 0 Å². The number of amides is 1. The molecule has 2 atom stereocenters. The van der Waals surface area contributed by atoms with E-state index >= 15 is 0 Å². The number of hydrogen-bond donors (Lipinski definition) is 1. The summed E-state index contributed by atoms with van der Waals surface area (Å²) in [5.74, 6) is 0.459. The Bertz CT molecular complexity index is 679. The molecule has 1 heterocycles.